The number of hydrogen-bond acceptors (Lipinski definition) is 5. The Morgan fingerprint density at radius 1 is 1.36 bits per heavy atom. The Labute approximate surface area is 135 Å². The second-order valence-corrected chi connectivity index (χ2v) is 6.92. The Balaban J connectivity index is 2.35. The fourth-order valence-electron chi connectivity index (χ4n) is 2.48. The quantitative estimate of drug-likeness (QED) is 0.520. The Hall–Kier alpha value is -1.08. The van der Waals surface area contributed by atoms with Crippen LogP contribution in [0, 0.1) is 0 Å². The standard InChI is InChI=1S/C15H20BClO5/c1-13(2)14(3,15(4,17)19)22-16(21-13)11-8-6-7-10(9-11)12(18)20-5/h6-9,19H,1-5H3. The van der Waals surface area contributed by atoms with Gasteiger partial charge in [-0.2, -0.15) is 0 Å². The predicted octanol–water partition coefficient (Wildman–Crippen LogP) is 1.70. The molecule has 1 aliphatic rings. The van der Waals surface area contributed by atoms with Gasteiger partial charge in [-0.1, -0.05) is 23.7 Å². The van der Waals surface area contributed by atoms with Crippen LogP contribution in [0.3, 0.4) is 0 Å². The van der Waals surface area contributed by atoms with Crippen molar-refractivity contribution in [3.63, 3.8) is 0 Å². The number of alkyl halides is 1. The summed E-state index contributed by atoms with van der Waals surface area (Å²) in [6.45, 7) is 6.76. The highest BCUT2D eigenvalue weighted by molar-refractivity contribution is 6.62. The van der Waals surface area contributed by atoms with E-state index in [0.29, 0.717) is 11.0 Å². The Bertz CT molecular complexity index is 584. The molecule has 22 heavy (non-hydrogen) atoms. The smallest absolute Gasteiger partial charge is 0.465 e. The highest BCUT2D eigenvalue weighted by Crippen LogP contribution is 2.46. The van der Waals surface area contributed by atoms with E-state index in [4.69, 9.17) is 25.6 Å². The van der Waals surface area contributed by atoms with Crippen molar-refractivity contribution in [2.24, 2.45) is 0 Å². The number of ether oxygens (including phenoxy) is 1. The van der Waals surface area contributed by atoms with Crippen molar-refractivity contribution in [1.29, 1.82) is 0 Å². The van der Waals surface area contributed by atoms with E-state index in [9.17, 15) is 9.90 Å². The molecule has 0 saturated carbocycles. The normalized spacial score (nSPS) is 26.6. The lowest BCUT2D eigenvalue weighted by Crippen LogP contribution is -2.58. The summed E-state index contributed by atoms with van der Waals surface area (Å²) in [7, 11) is 0.581. The van der Waals surface area contributed by atoms with E-state index in [0.717, 1.165) is 0 Å². The van der Waals surface area contributed by atoms with Crippen LogP contribution in [0.5, 0.6) is 0 Å². The van der Waals surface area contributed by atoms with Gasteiger partial charge in [-0.3, -0.25) is 0 Å². The molecular weight excluding hydrogens is 306 g/mol. The van der Waals surface area contributed by atoms with Crippen LogP contribution in [0.15, 0.2) is 24.3 Å². The monoisotopic (exact) mass is 326 g/mol. The zero-order valence-electron chi connectivity index (χ0n) is 13.3. The van der Waals surface area contributed by atoms with E-state index in [1.807, 2.05) is 0 Å². The molecule has 7 heteroatoms. The van der Waals surface area contributed by atoms with Crippen molar-refractivity contribution in [1.82, 2.24) is 0 Å². The summed E-state index contributed by atoms with van der Waals surface area (Å²) in [5.41, 5.74) is -0.908. The predicted molar refractivity (Wildman–Crippen MR) is 84.3 cm³/mol. The molecule has 2 atom stereocenters. The molecule has 120 valence electrons. The largest absolute Gasteiger partial charge is 0.495 e. The van der Waals surface area contributed by atoms with Gasteiger partial charge in [0.25, 0.3) is 0 Å². The number of carbonyl (C=O) groups is 1. The van der Waals surface area contributed by atoms with E-state index < -0.39 is 29.4 Å². The van der Waals surface area contributed by atoms with Crippen molar-refractivity contribution in [2.75, 3.05) is 7.11 Å². The first-order valence-corrected chi connectivity index (χ1v) is 7.35. The lowest BCUT2D eigenvalue weighted by Gasteiger charge is -2.43. The van der Waals surface area contributed by atoms with Crippen LogP contribution in [0.4, 0.5) is 0 Å². The minimum atomic E-state index is -1.62. The van der Waals surface area contributed by atoms with Crippen molar-refractivity contribution in [3.05, 3.63) is 29.8 Å². The maximum absolute atomic E-state index is 11.6. The second kappa shape index (κ2) is 5.53. The van der Waals surface area contributed by atoms with Gasteiger partial charge in [0.2, 0.25) is 0 Å². The first kappa shape index (κ1) is 17.3. The van der Waals surface area contributed by atoms with Crippen molar-refractivity contribution < 1.29 is 23.9 Å². The highest BCUT2D eigenvalue weighted by Gasteiger charge is 2.62. The molecule has 2 unspecified atom stereocenters. The number of hydrogen-bond donors (Lipinski definition) is 1. The maximum atomic E-state index is 11.6. The molecule has 1 aromatic carbocycles. The van der Waals surface area contributed by atoms with Gasteiger partial charge in [-0.05, 0) is 45.3 Å². The van der Waals surface area contributed by atoms with E-state index >= 15 is 0 Å². The number of halogens is 1. The average molecular weight is 327 g/mol. The Morgan fingerprint density at radius 2 is 2.00 bits per heavy atom. The summed E-state index contributed by atoms with van der Waals surface area (Å²) < 4.78 is 16.6. The third kappa shape index (κ3) is 2.76. The van der Waals surface area contributed by atoms with Crippen molar-refractivity contribution in [2.45, 2.75) is 44.0 Å². The van der Waals surface area contributed by atoms with Gasteiger partial charge in [-0.15, -0.1) is 0 Å². The van der Waals surface area contributed by atoms with Gasteiger partial charge in [0.1, 0.15) is 5.60 Å². The zero-order chi connectivity index (χ0) is 16.8. The van der Waals surface area contributed by atoms with Crippen LogP contribution in [0.1, 0.15) is 38.1 Å². The molecule has 1 heterocycles. The minimum absolute atomic E-state index is 0.399. The fraction of sp³-hybridized carbons (Fsp3) is 0.533. The van der Waals surface area contributed by atoms with Gasteiger partial charge in [0.05, 0.1) is 18.3 Å². The minimum Gasteiger partial charge on any atom is -0.465 e. The molecule has 1 N–H and O–H groups in total. The lowest BCUT2D eigenvalue weighted by atomic mass is 9.78. The van der Waals surface area contributed by atoms with Crippen LogP contribution in [-0.4, -0.2) is 41.6 Å². The van der Waals surface area contributed by atoms with E-state index in [1.165, 1.54) is 14.0 Å². The molecule has 1 saturated heterocycles. The highest BCUT2D eigenvalue weighted by atomic mass is 35.5. The number of aliphatic hydroxyl groups is 1. The van der Waals surface area contributed by atoms with Gasteiger partial charge >= 0.3 is 13.1 Å². The fourth-order valence-corrected chi connectivity index (χ4v) is 2.76. The van der Waals surface area contributed by atoms with Crippen molar-refractivity contribution >= 4 is 30.2 Å². The summed E-state index contributed by atoms with van der Waals surface area (Å²) in [6, 6.07) is 6.78. The first-order valence-electron chi connectivity index (χ1n) is 6.97. The molecule has 5 nitrogen and oxygen atoms in total. The first-order chi connectivity index (χ1) is 10.0. The van der Waals surface area contributed by atoms with Crippen LogP contribution in [0.25, 0.3) is 0 Å². The van der Waals surface area contributed by atoms with Gasteiger partial charge in [0.15, 0.2) is 5.06 Å². The summed E-state index contributed by atoms with van der Waals surface area (Å²) in [5.74, 6) is -0.439. The van der Waals surface area contributed by atoms with Crippen LogP contribution in [0.2, 0.25) is 0 Å². The van der Waals surface area contributed by atoms with Gasteiger partial charge < -0.3 is 19.2 Å². The average Bonchev–Trinajstić information content (AvgIpc) is 2.69. The molecule has 1 fully saturated rings. The number of esters is 1. The summed E-state index contributed by atoms with van der Waals surface area (Å²) in [5, 5.41) is 8.62. The molecule has 0 bridgehead atoms. The number of benzene rings is 1. The molecule has 0 radical (unpaired) electrons. The Kier molecular flexibility index (Phi) is 4.34. The van der Waals surface area contributed by atoms with E-state index in [2.05, 4.69) is 0 Å². The van der Waals surface area contributed by atoms with Crippen LogP contribution < -0.4 is 5.46 Å². The molecule has 2 rings (SSSR count). The van der Waals surface area contributed by atoms with E-state index in [1.54, 1.807) is 45.0 Å². The number of methoxy groups -OCH3 is 1. The molecule has 0 spiro atoms. The summed E-state index contributed by atoms with van der Waals surface area (Å²) >= 11 is 6.10. The summed E-state index contributed by atoms with van der Waals surface area (Å²) in [4.78, 5) is 11.6. The van der Waals surface area contributed by atoms with Crippen molar-refractivity contribution in [3.8, 4) is 0 Å². The topological polar surface area (TPSA) is 65.0 Å². The van der Waals surface area contributed by atoms with E-state index in [-0.39, 0.29) is 0 Å². The maximum Gasteiger partial charge on any atom is 0.495 e. The van der Waals surface area contributed by atoms with Crippen LogP contribution in [-0.2, 0) is 14.0 Å². The van der Waals surface area contributed by atoms with Gasteiger partial charge in [-0.25, -0.2) is 4.79 Å². The Morgan fingerprint density at radius 3 is 2.50 bits per heavy atom. The molecule has 1 aromatic rings. The molecule has 1 aliphatic heterocycles. The third-order valence-corrected chi connectivity index (χ3v) is 4.70. The lowest BCUT2D eigenvalue weighted by molar-refractivity contribution is -0.112. The zero-order valence-corrected chi connectivity index (χ0v) is 14.1. The molecular formula is C15H20BClO5. The number of carbonyl (C=O) groups excluding carboxylic acids is 1. The summed E-state index contributed by atoms with van der Waals surface area (Å²) in [6.07, 6.45) is 0. The number of rotatable bonds is 3. The molecule has 0 aliphatic carbocycles. The SMILES string of the molecule is COC(=O)c1cccc(B2OC(C)(C)C(C)(C(C)(O)Cl)O2)c1. The molecule has 0 aromatic heterocycles. The van der Waals surface area contributed by atoms with Crippen LogP contribution >= 0.6 is 11.6 Å². The third-order valence-electron chi connectivity index (χ3n) is 4.34. The van der Waals surface area contributed by atoms with Gasteiger partial charge in [0, 0.05) is 0 Å². The molecule has 0 amide bonds. The second-order valence-electron chi connectivity index (χ2n) is 6.18.